The van der Waals surface area contributed by atoms with Crippen molar-refractivity contribution in [3.05, 3.63) is 38.2 Å². The lowest BCUT2D eigenvalue weighted by Gasteiger charge is -2.41. The van der Waals surface area contributed by atoms with Gasteiger partial charge < -0.3 is 14.3 Å². The molecule has 6 nitrogen and oxygen atoms in total. The normalized spacial score (nSPS) is 18.9. The first-order valence-corrected chi connectivity index (χ1v) is 12.2. The van der Waals surface area contributed by atoms with Crippen LogP contribution in [0.1, 0.15) is 60.2 Å². The molecule has 0 spiro atoms. The second kappa shape index (κ2) is 7.87. The molecule has 0 amide bonds. The van der Waals surface area contributed by atoms with Crippen LogP contribution in [0.3, 0.4) is 0 Å². The molecule has 0 unspecified atom stereocenters. The van der Waals surface area contributed by atoms with Crippen LogP contribution in [0.25, 0.3) is 21.6 Å². The second-order valence-corrected chi connectivity index (χ2v) is 10.5. The van der Waals surface area contributed by atoms with Gasteiger partial charge in [-0.3, -0.25) is 9.69 Å². The smallest absolute Gasteiger partial charge is 0.253 e. The Labute approximate surface area is 187 Å². The van der Waals surface area contributed by atoms with Crippen molar-refractivity contribution in [1.29, 1.82) is 0 Å². The number of nitrogens with zero attached hydrogens (tertiary/aromatic N) is 3. The number of aromatic amines is 1. The van der Waals surface area contributed by atoms with Crippen molar-refractivity contribution < 1.29 is 4.74 Å². The summed E-state index contributed by atoms with van der Waals surface area (Å²) in [4.78, 5) is 25.0. The number of thiazole rings is 1. The van der Waals surface area contributed by atoms with Gasteiger partial charge >= 0.3 is 0 Å². The van der Waals surface area contributed by atoms with Crippen molar-refractivity contribution >= 4 is 21.7 Å². The molecule has 2 aliphatic heterocycles. The van der Waals surface area contributed by atoms with Crippen LogP contribution < -0.4 is 5.56 Å². The number of aryl methyl sites for hydroxylation is 1. The molecule has 2 fully saturated rings. The van der Waals surface area contributed by atoms with Crippen molar-refractivity contribution in [2.45, 2.75) is 58.4 Å². The molecule has 5 heterocycles. The van der Waals surface area contributed by atoms with Crippen molar-refractivity contribution in [3.63, 3.8) is 0 Å². The summed E-state index contributed by atoms with van der Waals surface area (Å²) in [6.45, 7) is 12.5. The van der Waals surface area contributed by atoms with Crippen LogP contribution in [0.5, 0.6) is 0 Å². The fraction of sp³-hybridized carbons (Fsp3) is 0.583. The molecule has 2 aliphatic rings. The lowest BCUT2D eigenvalue weighted by atomic mass is 9.95. The van der Waals surface area contributed by atoms with Crippen LogP contribution in [0, 0.1) is 13.8 Å². The number of hydrogen-bond donors (Lipinski definition) is 1. The largest absolute Gasteiger partial charge is 0.378 e. The predicted octanol–water partition coefficient (Wildman–Crippen LogP) is 4.31. The van der Waals surface area contributed by atoms with Gasteiger partial charge in [0, 0.05) is 35.9 Å². The number of pyridine rings is 1. The van der Waals surface area contributed by atoms with E-state index in [9.17, 15) is 4.79 Å². The van der Waals surface area contributed by atoms with Gasteiger partial charge in [0.15, 0.2) is 0 Å². The first-order valence-electron chi connectivity index (χ1n) is 11.4. The number of piperidine rings is 1. The summed E-state index contributed by atoms with van der Waals surface area (Å²) >= 11 is 1.82. The van der Waals surface area contributed by atoms with Gasteiger partial charge in [0.05, 0.1) is 30.0 Å². The minimum Gasteiger partial charge on any atom is -0.378 e. The van der Waals surface area contributed by atoms with E-state index in [2.05, 4.69) is 23.7 Å². The standard InChI is InChI=1S/C24H32N4O2S/c1-13(2)19-20(18-10-27(5)24(29)15(4)14(18)3)25-23-21(19)26-22(31-23)16-6-8-28(9-7-16)17-11-30-12-17/h10,13,16-17,25H,6-9,11-12H2,1-5H3. The van der Waals surface area contributed by atoms with E-state index in [-0.39, 0.29) is 5.56 Å². The summed E-state index contributed by atoms with van der Waals surface area (Å²) in [6.07, 6.45) is 4.32. The van der Waals surface area contributed by atoms with E-state index in [1.165, 1.54) is 23.4 Å². The van der Waals surface area contributed by atoms with Crippen molar-refractivity contribution in [2.24, 2.45) is 7.05 Å². The molecule has 166 valence electrons. The average Bonchev–Trinajstić information content (AvgIpc) is 3.26. The first-order chi connectivity index (χ1) is 14.8. The fourth-order valence-electron chi connectivity index (χ4n) is 5.03. The highest BCUT2D eigenvalue weighted by Gasteiger charge is 2.32. The Balaban J connectivity index is 1.50. The highest BCUT2D eigenvalue weighted by Crippen LogP contribution is 2.41. The SMILES string of the molecule is Cc1c(-c2[nH]c3sc(C4CCN(C5COC5)CC4)nc3c2C(C)C)cn(C)c(=O)c1C. The highest BCUT2D eigenvalue weighted by molar-refractivity contribution is 7.18. The number of ether oxygens (including phenoxy) is 1. The molecule has 3 aromatic heterocycles. The van der Waals surface area contributed by atoms with Gasteiger partial charge in [0.25, 0.3) is 5.56 Å². The van der Waals surface area contributed by atoms with Crippen LogP contribution in [0.2, 0.25) is 0 Å². The van der Waals surface area contributed by atoms with E-state index in [4.69, 9.17) is 9.72 Å². The molecular formula is C24H32N4O2S. The maximum atomic E-state index is 12.4. The Morgan fingerprint density at radius 1 is 1.19 bits per heavy atom. The predicted molar refractivity (Wildman–Crippen MR) is 126 cm³/mol. The molecule has 3 aromatic rings. The highest BCUT2D eigenvalue weighted by atomic mass is 32.1. The summed E-state index contributed by atoms with van der Waals surface area (Å²) in [6, 6.07) is 0.635. The zero-order valence-electron chi connectivity index (χ0n) is 19.1. The lowest BCUT2D eigenvalue weighted by molar-refractivity contribution is -0.0712. The molecule has 31 heavy (non-hydrogen) atoms. The fourth-order valence-corrected chi connectivity index (χ4v) is 6.18. The second-order valence-electron chi connectivity index (χ2n) is 9.51. The van der Waals surface area contributed by atoms with E-state index in [0.29, 0.717) is 17.9 Å². The molecule has 1 N–H and O–H groups in total. The van der Waals surface area contributed by atoms with Gasteiger partial charge in [-0.25, -0.2) is 4.98 Å². The Morgan fingerprint density at radius 3 is 2.52 bits per heavy atom. The van der Waals surface area contributed by atoms with Crippen LogP contribution in [0.15, 0.2) is 11.0 Å². The zero-order valence-corrected chi connectivity index (χ0v) is 19.9. The third-order valence-electron chi connectivity index (χ3n) is 7.20. The Hall–Kier alpha value is -1.96. The van der Waals surface area contributed by atoms with Crippen molar-refractivity contribution in [3.8, 4) is 11.3 Å². The monoisotopic (exact) mass is 440 g/mol. The van der Waals surface area contributed by atoms with Gasteiger partial charge in [0.2, 0.25) is 0 Å². The molecule has 7 heteroatoms. The minimum atomic E-state index is 0.0703. The Bertz CT molecular complexity index is 1180. The van der Waals surface area contributed by atoms with Crippen molar-refractivity contribution in [1.82, 2.24) is 19.4 Å². The molecule has 0 radical (unpaired) electrons. The number of fused-ring (bicyclic) bond motifs is 1. The third kappa shape index (κ3) is 3.47. The molecular weight excluding hydrogens is 408 g/mol. The molecule has 0 aromatic carbocycles. The quantitative estimate of drug-likeness (QED) is 0.657. The minimum absolute atomic E-state index is 0.0703. The maximum Gasteiger partial charge on any atom is 0.253 e. The number of aromatic nitrogens is 3. The summed E-state index contributed by atoms with van der Waals surface area (Å²) < 4.78 is 7.06. The van der Waals surface area contributed by atoms with Crippen molar-refractivity contribution in [2.75, 3.05) is 26.3 Å². The van der Waals surface area contributed by atoms with E-state index >= 15 is 0 Å². The molecule has 2 saturated heterocycles. The van der Waals surface area contributed by atoms with Gasteiger partial charge in [0.1, 0.15) is 10.3 Å². The summed E-state index contributed by atoms with van der Waals surface area (Å²) in [5.41, 5.74) is 6.53. The van der Waals surface area contributed by atoms with E-state index in [1.54, 1.807) is 4.57 Å². The number of rotatable bonds is 4. The van der Waals surface area contributed by atoms with Crippen LogP contribution in [-0.2, 0) is 11.8 Å². The molecule has 0 aliphatic carbocycles. The summed E-state index contributed by atoms with van der Waals surface area (Å²) in [7, 11) is 1.83. The maximum absolute atomic E-state index is 12.4. The van der Waals surface area contributed by atoms with Gasteiger partial charge in [-0.2, -0.15) is 0 Å². The number of hydrogen-bond acceptors (Lipinski definition) is 5. The van der Waals surface area contributed by atoms with Crippen LogP contribution in [0.4, 0.5) is 0 Å². The van der Waals surface area contributed by atoms with E-state index in [0.717, 1.165) is 59.0 Å². The van der Waals surface area contributed by atoms with E-state index < -0.39 is 0 Å². The zero-order chi connectivity index (χ0) is 21.9. The molecule has 5 rings (SSSR count). The van der Waals surface area contributed by atoms with Crippen LogP contribution >= 0.6 is 11.3 Å². The van der Waals surface area contributed by atoms with Gasteiger partial charge in [-0.1, -0.05) is 13.8 Å². The van der Waals surface area contributed by atoms with Crippen LogP contribution in [-0.4, -0.2) is 51.8 Å². The lowest BCUT2D eigenvalue weighted by Crippen LogP contribution is -2.51. The third-order valence-corrected chi connectivity index (χ3v) is 8.33. The Morgan fingerprint density at radius 2 is 1.90 bits per heavy atom. The molecule has 0 atom stereocenters. The summed E-state index contributed by atoms with van der Waals surface area (Å²) in [5, 5.41) is 1.27. The van der Waals surface area contributed by atoms with E-state index in [1.807, 2.05) is 38.4 Å². The number of H-pyrrole nitrogens is 1. The average molecular weight is 441 g/mol. The van der Waals surface area contributed by atoms with Gasteiger partial charge in [-0.15, -0.1) is 11.3 Å². The summed E-state index contributed by atoms with van der Waals surface area (Å²) in [5.74, 6) is 0.893. The Kier molecular flexibility index (Phi) is 5.31. The molecule has 0 saturated carbocycles. The number of likely N-dealkylation sites (tertiary alicyclic amines) is 1. The van der Waals surface area contributed by atoms with Gasteiger partial charge in [-0.05, 0) is 51.3 Å². The first kappa shape index (κ1) is 20.9. The topological polar surface area (TPSA) is 63.2 Å². The number of nitrogens with one attached hydrogen (secondary N) is 1. The molecule has 0 bridgehead atoms.